The van der Waals surface area contributed by atoms with E-state index in [0.717, 1.165) is 18.8 Å². The maximum atomic E-state index is 13.9. The van der Waals surface area contributed by atoms with Gasteiger partial charge in [0.15, 0.2) is 0 Å². The lowest BCUT2D eigenvalue weighted by atomic mass is 9.80. The molecule has 1 fully saturated rings. The van der Waals surface area contributed by atoms with Gasteiger partial charge in [0.2, 0.25) is 0 Å². The average molecular weight is 310 g/mol. The van der Waals surface area contributed by atoms with Gasteiger partial charge in [-0.15, -0.1) is 0 Å². The Morgan fingerprint density at radius 1 is 1.18 bits per heavy atom. The van der Waals surface area contributed by atoms with Crippen molar-refractivity contribution >= 4 is 6.08 Å². The number of hydrogen-bond acceptors (Lipinski definition) is 0. The van der Waals surface area contributed by atoms with E-state index in [9.17, 15) is 13.2 Å². The summed E-state index contributed by atoms with van der Waals surface area (Å²) >= 11 is 0. The molecule has 1 aliphatic rings. The Kier molecular flexibility index (Phi) is 6.10. The molecule has 0 heterocycles. The SMILES string of the molecule is CCCC1CCC(/C=C/c2ccc(C)c(F)c2C(F)F)CC1. The molecule has 0 atom stereocenters. The zero-order chi connectivity index (χ0) is 16.1. The smallest absolute Gasteiger partial charge is 0.206 e. The minimum absolute atomic E-state index is 0.271. The highest BCUT2D eigenvalue weighted by molar-refractivity contribution is 5.56. The average Bonchev–Trinajstić information content (AvgIpc) is 2.49. The number of halogens is 3. The zero-order valence-electron chi connectivity index (χ0n) is 13.4. The normalized spacial score (nSPS) is 22.6. The summed E-state index contributed by atoms with van der Waals surface area (Å²) in [5.41, 5.74) is 0.122. The molecule has 0 nitrogen and oxygen atoms in total. The van der Waals surface area contributed by atoms with Crippen molar-refractivity contribution in [3.63, 3.8) is 0 Å². The first-order valence-electron chi connectivity index (χ1n) is 8.28. The van der Waals surface area contributed by atoms with Gasteiger partial charge in [-0.1, -0.05) is 44.1 Å². The van der Waals surface area contributed by atoms with Crippen LogP contribution in [0.4, 0.5) is 13.2 Å². The van der Waals surface area contributed by atoms with E-state index in [1.807, 2.05) is 6.08 Å². The highest BCUT2D eigenvalue weighted by Gasteiger charge is 2.21. The fourth-order valence-corrected chi connectivity index (χ4v) is 3.40. The second kappa shape index (κ2) is 7.85. The molecule has 0 aliphatic heterocycles. The van der Waals surface area contributed by atoms with Crippen LogP contribution in [0.3, 0.4) is 0 Å². The molecular weight excluding hydrogens is 285 g/mol. The predicted octanol–water partition coefficient (Wildman–Crippen LogP) is 6.69. The van der Waals surface area contributed by atoms with Gasteiger partial charge in [-0.05, 0) is 55.6 Å². The molecule has 0 unspecified atom stereocenters. The van der Waals surface area contributed by atoms with E-state index in [0.29, 0.717) is 11.5 Å². The molecule has 1 aliphatic carbocycles. The van der Waals surface area contributed by atoms with Crippen molar-refractivity contribution < 1.29 is 13.2 Å². The van der Waals surface area contributed by atoms with E-state index in [4.69, 9.17) is 0 Å². The quantitative estimate of drug-likeness (QED) is 0.568. The van der Waals surface area contributed by atoms with Gasteiger partial charge in [0, 0.05) is 0 Å². The number of benzene rings is 1. The molecule has 122 valence electrons. The maximum absolute atomic E-state index is 13.9. The van der Waals surface area contributed by atoms with Gasteiger partial charge >= 0.3 is 0 Å². The molecule has 1 aromatic rings. The lowest BCUT2D eigenvalue weighted by Gasteiger charge is -2.26. The van der Waals surface area contributed by atoms with Crippen LogP contribution in [0.1, 0.15) is 68.6 Å². The third-order valence-corrected chi connectivity index (χ3v) is 4.76. The Morgan fingerprint density at radius 3 is 2.45 bits per heavy atom. The standard InChI is InChI=1S/C19H25F3/c1-3-4-14-6-8-15(9-7-14)10-12-16-11-5-13(2)18(20)17(16)19(21)22/h5,10-12,14-15,19H,3-4,6-9H2,1-2H3/b12-10+. The van der Waals surface area contributed by atoms with Crippen LogP contribution in [0, 0.1) is 24.6 Å². The molecule has 1 aromatic carbocycles. The Balaban J connectivity index is 2.07. The van der Waals surface area contributed by atoms with Gasteiger partial charge in [-0.2, -0.15) is 0 Å². The van der Waals surface area contributed by atoms with Gasteiger partial charge in [0.05, 0.1) is 5.56 Å². The first kappa shape index (κ1) is 17.1. The van der Waals surface area contributed by atoms with Crippen LogP contribution in [-0.4, -0.2) is 0 Å². The first-order chi connectivity index (χ1) is 10.5. The van der Waals surface area contributed by atoms with Gasteiger partial charge < -0.3 is 0 Å². The van der Waals surface area contributed by atoms with Gasteiger partial charge in [0.25, 0.3) is 6.43 Å². The summed E-state index contributed by atoms with van der Waals surface area (Å²) in [6, 6.07) is 3.16. The van der Waals surface area contributed by atoms with Gasteiger partial charge in [-0.25, -0.2) is 13.2 Å². The number of allylic oxidation sites excluding steroid dienone is 1. The van der Waals surface area contributed by atoms with Crippen molar-refractivity contribution in [1.82, 2.24) is 0 Å². The Labute approximate surface area is 131 Å². The van der Waals surface area contributed by atoms with E-state index in [2.05, 4.69) is 6.92 Å². The van der Waals surface area contributed by atoms with Crippen LogP contribution >= 0.6 is 0 Å². The van der Waals surface area contributed by atoms with Gasteiger partial charge in [0.1, 0.15) is 5.82 Å². The fourth-order valence-electron chi connectivity index (χ4n) is 3.40. The van der Waals surface area contributed by atoms with Crippen molar-refractivity contribution in [3.8, 4) is 0 Å². The highest BCUT2D eigenvalue weighted by atomic mass is 19.3. The van der Waals surface area contributed by atoms with E-state index in [1.54, 1.807) is 18.2 Å². The van der Waals surface area contributed by atoms with Crippen molar-refractivity contribution in [1.29, 1.82) is 0 Å². The summed E-state index contributed by atoms with van der Waals surface area (Å²) in [6.07, 6.45) is 8.08. The molecule has 0 N–H and O–H groups in total. The third-order valence-electron chi connectivity index (χ3n) is 4.76. The zero-order valence-corrected chi connectivity index (χ0v) is 13.4. The van der Waals surface area contributed by atoms with Crippen LogP contribution in [0.25, 0.3) is 6.08 Å². The Bertz CT molecular complexity index is 512. The summed E-state index contributed by atoms with van der Waals surface area (Å²) < 4.78 is 40.1. The molecule has 3 heteroatoms. The topological polar surface area (TPSA) is 0 Å². The molecule has 22 heavy (non-hydrogen) atoms. The monoisotopic (exact) mass is 310 g/mol. The maximum Gasteiger partial charge on any atom is 0.267 e. The molecule has 0 radical (unpaired) electrons. The third kappa shape index (κ3) is 4.15. The van der Waals surface area contributed by atoms with Gasteiger partial charge in [-0.3, -0.25) is 0 Å². The van der Waals surface area contributed by atoms with E-state index < -0.39 is 17.8 Å². The van der Waals surface area contributed by atoms with Crippen LogP contribution in [0.2, 0.25) is 0 Å². The molecule has 1 saturated carbocycles. The second-order valence-corrected chi connectivity index (χ2v) is 6.43. The van der Waals surface area contributed by atoms with Crippen molar-refractivity contribution in [2.24, 2.45) is 11.8 Å². The van der Waals surface area contributed by atoms with E-state index in [-0.39, 0.29) is 5.56 Å². The number of rotatable bonds is 5. The van der Waals surface area contributed by atoms with Crippen LogP contribution in [-0.2, 0) is 0 Å². The van der Waals surface area contributed by atoms with Crippen LogP contribution in [0.15, 0.2) is 18.2 Å². The Morgan fingerprint density at radius 2 is 1.86 bits per heavy atom. The highest BCUT2D eigenvalue weighted by Crippen LogP contribution is 2.34. The summed E-state index contributed by atoms with van der Waals surface area (Å²) in [5.74, 6) is 0.481. The predicted molar refractivity (Wildman–Crippen MR) is 85.5 cm³/mol. The van der Waals surface area contributed by atoms with E-state index >= 15 is 0 Å². The first-order valence-corrected chi connectivity index (χ1v) is 8.28. The number of alkyl halides is 2. The summed E-state index contributed by atoms with van der Waals surface area (Å²) in [4.78, 5) is 0. The number of hydrogen-bond donors (Lipinski definition) is 0. The lowest BCUT2D eigenvalue weighted by Crippen LogP contribution is -2.12. The molecule has 0 amide bonds. The van der Waals surface area contributed by atoms with Crippen LogP contribution < -0.4 is 0 Å². The van der Waals surface area contributed by atoms with Crippen molar-refractivity contribution in [3.05, 3.63) is 40.7 Å². The summed E-state index contributed by atoms with van der Waals surface area (Å²) in [5, 5.41) is 0. The van der Waals surface area contributed by atoms with Crippen molar-refractivity contribution in [2.45, 2.75) is 58.8 Å². The lowest BCUT2D eigenvalue weighted by molar-refractivity contribution is 0.146. The Hall–Kier alpha value is -1.25. The minimum Gasteiger partial charge on any atom is -0.206 e. The summed E-state index contributed by atoms with van der Waals surface area (Å²) in [7, 11) is 0. The second-order valence-electron chi connectivity index (χ2n) is 6.43. The minimum atomic E-state index is -2.78. The molecule has 2 rings (SSSR count). The molecule has 0 bridgehead atoms. The molecule has 0 spiro atoms. The fraction of sp³-hybridized carbons (Fsp3) is 0.579. The van der Waals surface area contributed by atoms with Crippen molar-refractivity contribution in [2.75, 3.05) is 0 Å². The molecular formula is C19H25F3. The van der Waals surface area contributed by atoms with E-state index in [1.165, 1.54) is 32.6 Å². The van der Waals surface area contributed by atoms with Crippen LogP contribution in [0.5, 0.6) is 0 Å². The summed E-state index contributed by atoms with van der Waals surface area (Å²) in [6.45, 7) is 3.73. The largest absolute Gasteiger partial charge is 0.267 e. The number of aryl methyl sites for hydroxylation is 1. The molecule has 0 saturated heterocycles. The molecule has 0 aromatic heterocycles.